The Morgan fingerprint density at radius 2 is 1.96 bits per heavy atom. The first-order valence-corrected chi connectivity index (χ1v) is 9.49. The van der Waals surface area contributed by atoms with Crippen molar-refractivity contribution < 1.29 is 14.3 Å². The fourth-order valence-corrected chi connectivity index (χ4v) is 6.81. The molecule has 0 aromatic heterocycles. The van der Waals surface area contributed by atoms with E-state index in [0.29, 0.717) is 12.3 Å². The monoisotopic (exact) mass is 340 g/mol. The second-order valence-electron chi connectivity index (χ2n) is 8.99. The van der Waals surface area contributed by atoms with Crippen LogP contribution in [0.25, 0.3) is 0 Å². The second kappa shape index (κ2) is 4.96. The molecule has 4 atom stereocenters. The van der Waals surface area contributed by atoms with Crippen LogP contribution >= 0.6 is 0 Å². The first-order valence-electron chi connectivity index (χ1n) is 9.49. The highest BCUT2D eigenvalue weighted by atomic mass is 16.5. The molecule has 4 aliphatic rings. The molecule has 0 amide bonds. The van der Waals surface area contributed by atoms with E-state index in [4.69, 9.17) is 4.74 Å². The highest BCUT2D eigenvalue weighted by molar-refractivity contribution is 6.23. The van der Waals surface area contributed by atoms with Crippen LogP contribution in [0.2, 0.25) is 0 Å². The zero-order valence-electron chi connectivity index (χ0n) is 15.8. The van der Waals surface area contributed by atoms with Gasteiger partial charge < -0.3 is 4.74 Å². The van der Waals surface area contributed by atoms with Gasteiger partial charge in [-0.05, 0) is 55.3 Å². The number of allylic oxidation sites excluding steroid dienone is 4. The van der Waals surface area contributed by atoms with E-state index in [2.05, 4.69) is 27.4 Å². The molecule has 3 nitrogen and oxygen atoms in total. The number of hydrogen-bond donors (Lipinski definition) is 0. The summed E-state index contributed by atoms with van der Waals surface area (Å²) in [6.45, 7) is 11.4. The summed E-state index contributed by atoms with van der Waals surface area (Å²) in [4.78, 5) is 26.2. The van der Waals surface area contributed by atoms with Crippen molar-refractivity contribution in [2.45, 2.75) is 59.3 Å². The van der Waals surface area contributed by atoms with Gasteiger partial charge in [-0.25, -0.2) is 0 Å². The van der Waals surface area contributed by atoms with Crippen LogP contribution in [-0.2, 0) is 14.3 Å². The Balaban J connectivity index is 2.00. The Morgan fingerprint density at radius 1 is 1.24 bits per heavy atom. The van der Waals surface area contributed by atoms with Gasteiger partial charge in [-0.15, -0.1) is 0 Å². The maximum atomic E-state index is 13.2. The van der Waals surface area contributed by atoms with Crippen LogP contribution in [-0.4, -0.2) is 18.7 Å². The zero-order valence-corrected chi connectivity index (χ0v) is 15.8. The first-order chi connectivity index (χ1) is 11.7. The van der Waals surface area contributed by atoms with Crippen molar-refractivity contribution in [1.29, 1.82) is 0 Å². The molecule has 134 valence electrons. The van der Waals surface area contributed by atoms with Crippen LogP contribution in [0.15, 0.2) is 35.1 Å². The third-order valence-electron chi connectivity index (χ3n) is 8.39. The largest absolute Gasteiger partial charge is 0.493 e. The number of ketones is 2. The minimum Gasteiger partial charge on any atom is -0.493 e. The van der Waals surface area contributed by atoms with Crippen molar-refractivity contribution in [1.82, 2.24) is 0 Å². The predicted molar refractivity (Wildman–Crippen MR) is 96.8 cm³/mol. The number of rotatable bonds is 1. The Morgan fingerprint density at radius 3 is 2.64 bits per heavy atom. The number of hydrogen-bond acceptors (Lipinski definition) is 3. The van der Waals surface area contributed by atoms with E-state index in [0.717, 1.165) is 43.3 Å². The molecular weight excluding hydrogens is 312 g/mol. The zero-order chi connectivity index (χ0) is 18.2. The molecule has 0 N–H and O–H groups in total. The Kier molecular flexibility index (Phi) is 3.33. The van der Waals surface area contributed by atoms with Gasteiger partial charge in [0.15, 0.2) is 11.5 Å². The Bertz CT molecular complexity index is 770. The quantitative estimate of drug-likeness (QED) is 0.520. The fourth-order valence-electron chi connectivity index (χ4n) is 6.81. The van der Waals surface area contributed by atoms with Crippen LogP contribution in [0.5, 0.6) is 0 Å². The van der Waals surface area contributed by atoms with Gasteiger partial charge in [0.25, 0.3) is 0 Å². The number of Topliss-reactive ketones (excluding diaryl/α,β-unsaturated/α-hetero) is 1. The lowest BCUT2D eigenvalue weighted by molar-refractivity contribution is -0.126. The molecule has 1 spiro atoms. The summed E-state index contributed by atoms with van der Waals surface area (Å²) in [5.74, 6) is 0.591. The van der Waals surface area contributed by atoms with E-state index >= 15 is 0 Å². The number of carbonyl (C=O) groups is 2. The van der Waals surface area contributed by atoms with Gasteiger partial charge in [0, 0.05) is 22.6 Å². The summed E-state index contributed by atoms with van der Waals surface area (Å²) < 4.78 is 5.21. The molecular formula is C22H28O3. The van der Waals surface area contributed by atoms with Crippen molar-refractivity contribution >= 4 is 11.6 Å². The van der Waals surface area contributed by atoms with Crippen LogP contribution < -0.4 is 0 Å². The van der Waals surface area contributed by atoms with Gasteiger partial charge in [-0.3, -0.25) is 9.59 Å². The summed E-state index contributed by atoms with van der Waals surface area (Å²) >= 11 is 0. The molecule has 3 heteroatoms. The van der Waals surface area contributed by atoms with E-state index in [-0.39, 0.29) is 33.6 Å². The van der Waals surface area contributed by atoms with Crippen molar-refractivity contribution in [2.75, 3.05) is 7.11 Å². The van der Waals surface area contributed by atoms with Crippen molar-refractivity contribution in [3.05, 3.63) is 35.1 Å². The molecule has 0 aromatic rings. The van der Waals surface area contributed by atoms with Gasteiger partial charge >= 0.3 is 0 Å². The SMILES string of the molecule is C=C1CCC[C@@]23C4=C(C[C@]2(C)[C@@H](C)CC[C@@]13C)C(=O)C(OC)=CC4=O. The summed E-state index contributed by atoms with van der Waals surface area (Å²) in [7, 11) is 1.47. The highest BCUT2D eigenvalue weighted by Gasteiger charge is 2.71. The molecule has 2 fully saturated rings. The molecule has 0 unspecified atom stereocenters. The summed E-state index contributed by atoms with van der Waals surface area (Å²) in [6.07, 6.45) is 7.37. The minimum atomic E-state index is -0.259. The Hall–Kier alpha value is -1.64. The highest BCUT2D eigenvalue weighted by Crippen LogP contribution is 2.76. The van der Waals surface area contributed by atoms with Crippen molar-refractivity contribution in [2.24, 2.45) is 22.2 Å². The molecule has 0 aliphatic heterocycles. The lowest BCUT2D eigenvalue weighted by Gasteiger charge is -2.65. The molecule has 4 aliphatic carbocycles. The number of carbonyl (C=O) groups excluding carboxylic acids is 2. The molecule has 0 radical (unpaired) electrons. The molecule has 25 heavy (non-hydrogen) atoms. The molecule has 0 aromatic carbocycles. The molecule has 0 heterocycles. The lowest BCUT2D eigenvalue weighted by Crippen LogP contribution is -2.59. The maximum absolute atomic E-state index is 13.2. The summed E-state index contributed by atoms with van der Waals surface area (Å²) in [5, 5.41) is 0. The van der Waals surface area contributed by atoms with Gasteiger partial charge in [-0.1, -0.05) is 32.9 Å². The predicted octanol–water partition coefficient (Wildman–Crippen LogP) is 4.54. The third kappa shape index (κ3) is 1.68. The molecule has 4 rings (SSSR count). The van der Waals surface area contributed by atoms with Crippen LogP contribution in [0.1, 0.15) is 59.3 Å². The van der Waals surface area contributed by atoms with E-state index < -0.39 is 0 Å². The van der Waals surface area contributed by atoms with Gasteiger partial charge in [0.1, 0.15) is 0 Å². The molecule has 2 saturated carbocycles. The number of methoxy groups -OCH3 is 1. The normalized spacial score (nSPS) is 43.4. The van der Waals surface area contributed by atoms with Crippen molar-refractivity contribution in [3.63, 3.8) is 0 Å². The first kappa shape index (κ1) is 16.8. The summed E-state index contributed by atoms with van der Waals surface area (Å²) in [6, 6.07) is 0. The third-order valence-corrected chi connectivity index (χ3v) is 8.39. The average molecular weight is 340 g/mol. The summed E-state index contributed by atoms with van der Waals surface area (Å²) in [5.41, 5.74) is 2.36. The van der Waals surface area contributed by atoms with Crippen LogP contribution in [0.3, 0.4) is 0 Å². The van der Waals surface area contributed by atoms with Crippen LogP contribution in [0, 0.1) is 22.2 Å². The Labute approximate surface area is 150 Å². The van der Waals surface area contributed by atoms with Gasteiger partial charge in [-0.2, -0.15) is 0 Å². The van der Waals surface area contributed by atoms with Gasteiger partial charge in [0.05, 0.1) is 7.11 Å². The second-order valence-corrected chi connectivity index (χ2v) is 8.99. The van der Waals surface area contributed by atoms with E-state index in [1.807, 2.05) is 0 Å². The van der Waals surface area contributed by atoms with E-state index in [1.54, 1.807) is 0 Å². The van der Waals surface area contributed by atoms with E-state index in [1.165, 1.54) is 18.8 Å². The smallest absolute Gasteiger partial charge is 0.224 e. The van der Waals surface area contributed by atoms with Gasteiger partial charge in [0.2, 0.25) is 5.78 Å². The average Bonchev–Trinajstić information content (AvgIpc) is 2.86. The maximum Gasteiger partial charge on any atom is 0.224 e. The minimum absolute atomic E-state index is 0.00907. The fraction of sp³-hybridized carbons (Fsp3) is 0.636. The standard InChI is InChI=1S/C22H28O3/c1-13-7-6-9-22-18-15(19(24)17(25-5)11-16(18)23)12-21(22,4)14(2)8-10-20(13,22)3/h11,14H,1,6-10,12H2,2-5H3/t14-,20-,21+,22-/m0/s1. The van der Waals surface area contributed by atoms with Crippen LogP contribution in [0.4, 0.5) is 0 Å². The van der Waals surface area contributed by atoms with E-state index in [9.17, 15) is 9.59 Å². The molecule has 0 saturated heterocycles. The molecule has 0 bridgehead atoms. The lowest BCUT2D eigenvalue weighted by atomic mass is 9.38. The topological polar surface area (TPSA) is 43.4 Å². The van der Waals surface area contributed by atoms with Crippen molar-refractivity contribution in [3.8, 4) is 0 Å². The number of ether oxygens (including phenoxy) is 1.